The first-order valence-corrected chi connectivity index (χ1v) is 8.22. The molecule has 1 saturated heterocycles. The number of hydrogen-bond donors (Lipinski definition) is 0. The number of amides is 1. The molecule has 0 spiro atoms. The van der Waals surface area contributed by atoms with Crippen molar-refractivity contribution in [2.24, 2.45) is 0 Å². The lowest BCUT2D eigenvalue weighted by molar-refractivity contribution is -0.131. The van der Waals surface area contributed by atoms with Gasteiger partial charge in [0.15, 0.2) is 0 Å². The van der Waals surface area contributed by atoms with E-state index in [0.29, 0.717) is 5.56 Å². The first-order chi connectivity index (χ1) is 11.6. The molecule has 1 aromatic heterocycles. The maximum Gasteiger partial charge on any atom is 0.227 e. The summed E-state index contributed by atoms with van der Waals surface area (Å²) in [6.45, 7) is 0.720. The standard InChI is InChI=1S/C19H22FN3O/c1-22(2)18-12-15(9-10-21-18)17-8-5-11-23(17)19(24)13-14-6-3-4-7-16(14)20/h3-4,6-7,9-10,12,17H,5,8,11,13H2,1-2H3/t17-/m1/s1. The molecule has 0 radical (unpaired) electrons. The van der Waals surface area contributed by atoms with Crippen LogP contribution in [0.15, 0.2) is 42.6 Å². The molecule has 1 fully saturated rings. The van der Waals surface area contributed by atoms with E-state index in [2.05, 4.69) is 4.98 Å². The van der Waals surface area contributed by atoms with E-state index in [1.54, 1.807) is 24.4 Å². The number of pyridine rings is 1. The van der Waals surface area contributed by atoms with Crippen LogP contribution in [0.2, 0.25) is 0 Å². The predicted octanol–water partition coefficient (Wildman–Crippen LogP) is 3.19. The van der Waals surface area contributed by atoms with Crippen LogP contribution >= 0.6 is 0 Å². The third-order valence-electron chi connectivity index (χ3n) is 4.49. The number of carbonyl (C=O) groups is 1. The molecule has 24 heavy (non-hydrogen) atoms. The molecule has 2 aromatic rings. The minimum absolute atomic E-state index is 0.0224. The highest BCUT2D eigenvalue weighted by molar-refractivity contribution is 5.79. The third-order valence-corrected chi connectivity index (χ3v) is 4.49. The number of aromatic nitrogens is 1. The lowest BCUT2D eigenvalue weighted by Gasteiger charge is -2.26. The Kier molecular flexibility index (Phi) is 4.79. The number of likely N-dealkylation sites (tertiary alicyclic amines) is 1. The lowest BCUT2D eigenvalue weighted by atomic mass is 10.0. The Morgan fingerprint density at radius 3 is 2.88 bits per heavy atom. The molecule has 0 saturated carbocycles. The van der Waals surface area contributed by atoms with Gasteiger partial charge >= 0.3 is 0 Å². The highest BCUT2D eigenvalue weighted by Gasteiger charge is 2.30. The molecule has 2 heterocycles. The second-order valence-corrected chi connectivity index (χ2v) is 6.36. The van der Waals surface area contributed by atoms with Crippen molar-refractivity contribution >= 4 is 11.7 Å². The van der Waals surface area contributed by atoms with Crippen LogP contribution in [-0.4, -0.2) is 36.4 Å². The molecule has 1 aliphatic heterocycles. The summed E-state index contributed by atoms with van der Waals surface area (Å²) in [5.41, 5.74) is 1.55. The van der Waals surface area contributed by atoms with Crippen molar-refractivity contribution in [2.75, 3.05) is 25.5 Å². The number of nitrogens with zero attached hydrogens (tertiary/aromatic N) is 3. The smallest absolute Gasteiger partial charge is 0.227 e. The SMILES string of the molecule is CN(C)c1cc([C@H]2CCCN2C(=O)Cc2ccccc2F)ccn1. The van der Waals surface area contributed by atoms with Gasteiger partial charge in [-0.1, -0.05) is 18.2 Å². The van der Waals surface area contributed by atoms with Gasteiger partial charge in [0.05, 0.1) is 12.5 Å². The number of hydrogen-bond acceptors (Lipinski definition) is 3. The number of anilines is 1. The van der Waals surface area contributed by atoms with E-state index in [1.807, 2.05) is 36.0 Å². The minimum atomic E-state index is -0.319. The van der Waals surface area contributed by atoms with E-state index < -0.39 is 0 Å². The van der Waals surface area contributed by atoms with E-state index in [9.17, 15) is 9.18 Å². The van der Waals surface area contributed by atoms with Crippen LogP contribution in [0.3, 0.4) is 0 Å². The van der Waals surface area contributed by atoms with Crippen LogP contribution in [0.5, 0.6) is 0 Å². The van der Waals surface area contributed by atoms with Gasteiger partial charge in [0, 0.05) is 26.8 Å². The molecule has 4 nitrogen and oxygen atoms in total. The molecule has 0 aliphatic carbocycles. The van der Waals surface area contributed by atoms with Gasteiger partial charge in [0.25, 0.3) is 0 Å². The Hall–Kier alpha value is -2.43. The Labute approximate surface area is 141 Å². The molecule has 3 rings (SSSR count). The summed E-state index contributed by atoms with van der Waals surface area (Å²) in [6, 6.07) is 10.5. The van der Waals surface area contributed by atoms with Gasteiger partial charge in [-0.05, 0) is 42.2 Å². The topological polar surface area (TPSA) is 36.4 Å². The normalized spacial score (nSPS) is 17.1. The largest absolute Gasteiger partial charge is 0.363 e. The zero-order valence-electron chi connectivity index (χ0n) is 14.1. The van der Waals surface area contributed by atoms with Gasteiger partial charge < -0.3 is 9.80 Å². The van der Waals surface area contributed by atoms with Crippen LogP contribution < -0.4 is 4.90 Å². The van der Waals surface area contributed by atoms with E-state index in [1.165, 1.54) is 6.07 Å². The molecule has 1 aliphatic rings. The minimum Gasteiger partial charge on any atom is -0.363 e. The molecule has 1 amide bonds. The summed E-state index contributed by atoms with van der Waals surface area (Å²) in [4.78, 5) is 20.9. The maximum absolute atomic E-state index is 13.8. The Morgan fingerprint density at radius 1 is 1.33 bits per heavy atom. The zero-order chi connectivity index (χ0) is 17.1. The average molecular weight is 327 g/mol. The first-order valence-electron chi connectivity index (χ1n) is 8.22. The summed E-state index contributed by atoms with van der Waals surface area (Å²) < 4.78 is 13.8. The maximum atomic E-state index is 13.8. The van der Waals surface area contributed by atoms with Crippen LogP contribution in [0.25, 0.3) is 0 Å². The highest BCUT2D eigenvalue weighted by Crippen LogP contribution is 2.33. The summed E-state index contributed by atoms with van der Waals surface area (Å²) in [7, 11) is 3.89. The Balaban J connectivity index is 1.79. The Bertz CT molecular complexity index is 732. The van der Waals surface area contributed by atoms with Crippen LogP contribution in [-0.2, 0) is 11.2 Å². The molecular formula is C19H22FN3O. The van der Waals surface area contributed by atoms with Crippen molar-refractivity contribution in [2.45, 2.75) is 25.3 Å². The Morgan fingerprint density at radius 2 is 2.12 bits per heavy atom. The second-order valence-electron chi connectivity index (χ2n) is 6.36. The highest BCUT2D eigenvalue weighted by atomic mass is 19.1. The van der Waals surface area contributed by atoms with Crippen molar-refractivity contribution in [1.82, 2.24) is 9.88 Å². The fourth-order valence-electron chi connectivity index (χ4n) is 3.20. The van der Waals surface area contributed by atoms with E-state index in [0.717, 1.165) is 30.8 Å². The van der Waals surface area contributed by atoms with Crippen molar-refractivity contribution in [3.05, 3.63) is 59.5 Å². The summed E-state index contributed by atoms with van der Waals surface area (Å²) >= 11 is 0. The quantitative estimate of drug-likeness (QED) is 0.865. The van der Waals surface area contributed by atoms with Crippen molar-refractivity contribution in [3.8, 4) is 0 Å². The van der Waals surface area contributed by atoms with Crippen molar-refractivity contribution in [1.29, 1.82) is 0 Å². The lowest BCUT2D eigenvalue weighted by Crippen LogP contribution is -2.32. The molecule has 0 unspecified atom stereocenters. The predicted molar refractivity (Wildman–Crippen MR) is 92.4 cm³/mol. The molecule has 0 N–H and O–H groups in total. The molecule has 1 aromatic carbocycles. The average Bonchev–Trinajstić information content (AvgIpc) is 3.07. The van der Waals surface area contributed by atoms with Gasteiger partial charge in [0.1, 0.15) is 11.6 Å². The second kappa shape index (κ2) is 6.99. The van der Waals surface area contributed by atoms with Crippen LogP contribution in [0.1, 0.15) is 30.0 Å². The fraction of sp³-hybridized carbons (Fsp3) is 0.368. The van der Waals surface area contributed by atoms with Crippen LogP contribution in [0.4, 0.5) is 10.2 Å². The molecule has 5 heteroatoms. The molecular weight excluding hydrogens is 305 g/mol. The monoisotopic (exact) mass is 327 g/mol. The number of rotatable bonds is 4. The number of benzene rings is 1. The van der Waals surface area contributed by atoms with E-state index in [4.69, 9.17) is 0 Å². The first kappa shape index (κ1) is 16.4. The van der Waals surface area contributed by atoms with Crippen molar-refractivity contribution in [3.63, 3.8) is 0 Å². The van der Waals surface area contributed by atoms with Gasteiger partial charge in [-0.15, -0.1) is 0 Å². The van der Waals surface area contributed by atoms with Gasteiger partial charge in [-0.25, -0.2) is 9.37 Å². The summed E-state index contributed by atoms with van der Waals surface area (Å²) in [5.74, 6) is 0.534. The fourth-order valence-corrected chi connectivity index (χ4v) is 3.20. The van der Waals surface area contributed by atoms with E-state index >= 15 is 0 Å². The zero-order valence-corrected chi connectivity index (χ0v) is 14.1. The molecule has 0 bridgehead atoms. The van der Waals surface area contributed by atoms with Crippen LogP contribution in [0, 0.1) is 5.82 Å². The van der Waals surface area contributed by atoms with Gasteiger partial charge in [-0.2, -0.15) is 0 Å². The third kappa shape index (κ3) is 3.40. The van der Waals surface area contributed by atoms with Crippen molar-refractivity contribution < 1.29 is 9.18 Å². The number of carbonyl (C=O) groups excluding carboxylic acids is 1. The summed E-state index contributed by atoms with van der Waals surface area (Å²) in [6.07, 6.45) is 3.78. The molecule has 1 atom stereocenters. The van der Waals surface area contributed by atoms with E-state index in [-0.39, 0.29) is 24.2 Å². The molecule has 126 valence electrons. The van der Waals surface area contributed by atoms with Gasteiger partial charge in [0.2, 0.25) is 5.91 Å². The van der Waals surface area contributed by atoms with Gasteiger partial charge in [-0.3, -0.25) is 4.79 Å². The summed E-state index contributed by atoms with van der Waals surface area (Å²) in [5, 5.41) is 0. The number of halogens is 1.